The average Bonchev–Trinajstić information content (AvgIpc) is 2.34. The number of carbonyl (C=O) groups is 2. The third-order valence-corrected chi connectivity index (χ3v) is 3.32. The fraction of sp³-hybridized carbons (Fsp3) is 0.429. The fourth-order valence-electron chi connectivity index (χ4n) is 2.43. The van der Waals surface area contributed by atoms with Gasteiger partial charge in [-0.15, -0.1) is 0 Å². The number of carboxylic acids is 1. The van der Waals surface area contributed by atoms with Crippen LogP contribution in [-0.2, 0) is 4.79 Å². The van der Waals surface area contributed by atoms with E-state index in [-0.39, 0.29) is 23.4 Å². The molecule has 1 rings (SSSR count). The Hall–Kier alpha value is -2.44. The minimum Gasteiger partial charge on any atom is -0.480 e. The molecule has 0 aliphatic carbocycles. The lowest BCUT2D eigenvalue weighted by atomic mass is 9.96. The number of hydrogen-bond acceptors (Lipinski definition) is 4. The van der Waals surface area contributed by atoms with Crippen molar-refractivity contribution >= 4 is 17.6 Å². The molecule has 0 radical (unpaired) electrons. The minimum atomic E-state index is -1.12. The Morgan fingerprint density at radius 3 is 2.29 bits per heavy atom. The minimum absolute atomic E-state index is 0.102. The number of likely N-dealkylation sites (N-methyl/N-ethyl adjacent to an activating group) is 1. The highest BCUT2D eigenvalue weighted by molar-refractivity contribution is 5.99. The average molecular weight is 294 g/mol. The van der Waals surface area contributed by atoms with Crippen LogP contribution >= 0.6 is 0 Å². The summed E-state index contributed by atoms with van der Waals surface area (Å²) < 4.78 is 0. The van der Waals surface area contributed by atoms with Gasteiger partial charge in [0.1, 0.15) is 6.54 Å². The molecule has 0 aliphatic rings. The van der Waals surface area contributed by atoms with E-state index in [1.165, 1.54) is 6.92 Å². The molecule has 7 nitrogen and oxygen atoms in total. The summed E-state index contributed by atoms with van der Waals surface area (Å²) in [4.78, 5) is 35.0. The molecular formula is C14H18N2O5. The Labute approximate surface area is 122 Å². The molecule has 21 heavy (non-hydrogen) atoms. The molecule has 0 fully saturated rings. The van der Waals surface area contributed by atoms with Crippen molar-refractivity contribution in [1.29, 1.82) is 0 Å². The highest BCUT2D eigenvalue weighted by Gasteiger charge is 2.26. The number of nitro benzene ring substituents is 1. The van der Waals surface area contributed by atoms with Gasteiger partial charge < -0.3 is 10.0 Å². The molecule has 0 bridgehead atoms. The van der Waals surface area contributed by atoms with E-state index in [9.17, 15) is 19.7 Å². The van der Waals surface area contributed by atoms with Gasteiger partial charge in [0.05, 0.1) is 10.5 Å². The summed E-state index contributed by atoms with van der Waals surface area (Å²) in [5, 5.41) is 20.0. The smallest absolute Gasteiger partial charge is 0.323 e. The zero-order chi connectivity index (χ0) is 16.3. The van der Waals surface area contributed by atoms with Crippen LogP contribution in [0.1, 0.15) is 34.0 Å². The van der Waals surface area contributed by atoms with Crippen molar-refractivity contribution in [3.8, 4) is 0 Å². The normalized spacial score (nSPS) is 10.3. The highest BCUT2D eigenvalue weighted by atomic mass is 16.6. The molecule has 1 aromatic carbocycles. The maximum absolute atomic E-state index is 12.5. The molecule has 0 spiro atoms. The number of carbonyl (C=O) groups excluding carboxylic acids is 1. The molecule has 1 amide bonds. The maximum atomic E-state index is 12.5. The van der Waals surface area contributed by atoms with E-state index in [0.717, 1.165) is 4.90 Å². The first-order chi connectivity index (χ1) is 9.70. The summed E-state index contributed by atoms with van der Waals surface area (Å²) in [7, 11) is 0. The summed E-state index contributed by atoms with van der Waals surface area (Å²) in [6, 6.07) is 1.58. The van der Waals surface area contributed by atoms with Crippen molar-refractivity contribution in [1.82, 2.24) is 4.90 Å². The van der Waals surface area contributed by atoms with E-state index >= 15 is 0 Å². The fourth-order valence-corrected chi connectivity index (χ4v) is 2.43. The number of nitrogens with zero attached hydrogens (tertiary/aromatic N) is 2. The molecule has 0 saturated heterocycles. The summed E-state index contributed by atoms with van der Waals surface area (Å²) in [6.07, 6.45) is 0. The topological polar surface area (TPSA) is 101 Å². The van der Waals surface area contributed by atoms with Crippen LogP contribution in [0.4, 0.5) is 5.69 Å². The second-order valence-electron chi connectivity index (χ2n) is 4.83. The zero-order valence-electron chi connectivity index (χ0n) is 12.5. The van der Waals surface area contributed by atoms with Crippen LogP contribution < -0.4 is 0 Å². The van der Waals surface area contributed by atoms with Crippen LogP contribution in [0.5, 0.6) is 0 Å². The van der Waals surface area contributed by atoms with E-state index in [1.807, 2.05) is 0 Å². The molecule has 0 aliphatic heterocycles. The van der Waals surface area contributed by atoms with E-state index in [4.69, 9.17) is 5.11 Å². The van der Waals surface area contributed by atoms with Gasteiger partial charge in [-0.25, -0.2) is 0 Å². The molecule has 1 aromatic rings. The summed E-state index contributed by atoms with van der Waals surface area (Å²) in [5.74, 6) is -1.62. The monoisotopic (exact) mass is 294 g/mol. The number of aryl methyl sites for hydroxylation is 2. The van der Waals surface area contributed by atoms with E-state index in [1.54, 1.807) is 26.8 Å². The van der Waals surface area contributed by atoms with Crippen molar-refractivity contribution in [2.75, 3.05) is 13.1 Å². The third-order valence-electron chi connectivity index (χ3n) is 3.32. The van der Waals surface area contributed by atoms with Crippen molar-refractivity contribution in [3.63, 3.8) is 0 Å². The van der Waals surface area contributed by atoms with Gasteiger partial charge in [-0.2, -0.15) is 0 Å². The first-order valence-electron chi connectivity index (χ1n) is 6.46. The SMILES string of the molecule is CCN(CC(=O)O)C(=O)c1c(C)cc(C)c([N+](=O)[O-])c1C. The van der Waals surface area contributed by atoms with Crippen LogP contribution in [0.2, 0.25) is 0 Å². The summed E-state index contributed by atoms with van der Waals surface area (Å²) in [5.41, 5.74) is 1.45. The van der Waals surface area contributed by atoms with Crippen LogP contribution in [0.15, 0.2) is 6.07 Å². The number of hydrogen-bond donors (Lipinski definition) is 1. The Morgan fingerprint density at radius 2 is 1.86 bits per heavy atom. The van der Waals surface area contributed by atoms with Gasteiger partial charge in [0.15, 0.2) is 0 Å². The second-order valence-corrected chi connectivity index (χ2v) is 4.83. The molecular weight excluding hydrogens is 276 g/mol. The summed E-state index contributed by atoms with van der Waals surface area (Å²) >= 11 is 0. The molecule has 0 saturated carbocycles. The number of amides is 1. The first-order valence-corrected chi connectivity index (χ1v) is 6.46. The van der Waals surface area contributed by atoms with E-state index in [2.05, 4.69) is 0 Å². The Kier molecular flexibility index (Phi) is 5.02. The lowest BCUT2D eigenvalue weighted by Crippen LogP contribution is -2.36. The number of aliphatic carboxylic acids is 1. The lowest BCUT2D eigenvalue weighted by Gasteiger charge is -2.21. The first kappa shape index (κ1) is 16.6. The van der Waals surface area contributed by atoms with Gasteiger partial charge in [0, 0.05) is 17.7 Å². The van der Waals surface area contributed by atoms with Gasteiger partial charge in [0.2, 0.25) is 0 Å². The Morgan fingerprint density at radius 1 is 1.29 bits per heavy atom. The van der Waals surface area contributed by atoms with Crippen molar-refractivity contribution < 1.29 is 19.6 Å². The van der Waals surface area contributed by atoms with Crippen molar-refractivity contribution in [2.45, 2.75) is 27.7 Å². The third kappa shape index (κ3) is 3.36. The Bertz CT molecular complexity index is 610. The Balaban J connectivity index is 3.42. The standard InChI is InChI=1S/C14H18N2O5/c1-5-15(7-11(17)18)14(19)12-8(2)6-9(3)13(10(12)4)16(20)21/h6H,5,7H2,1-4H3,(H,17,18). The number of benzene rings is 1. The molecule has 0 atom stereocenters. The predicted octanol–water partition coefficient (Wildman–Crippen LogP) is 2.07. The highest BCUT2D eigenvalue weighted by Crippen LogP contribution is 2.29. The maximum Gasteiger partial charge on any atom is 0.323 e. The largest absolute Gasteiger partial charge is 0.480 e. The lowest BCUT2D eigenvalue weighted by molar-refractivity contribution is -0.386. The molecule has 1 N–H and O–H groups in total. The zero-order valence-corrected chi connectivity index (χ0v) is 12.5. The number of rotatable bonds is 5. The number of carboxylic acid groups (broad SMARTS) is 1. The van der Waals surface area contributed by atoms with Crippen LogP contribution in [-0.4, -0.2) is 39.9 Å². The van der Waals surface area contributed by atoms with E-state index < -0.39 is 23.3 Å². The van der Waals surface area contributed by atoms with Crippen LogP contribution in [0, 0.1) is 30.9 Å². The van der Waals surface area contributed by atoms with Crippen molar-refractivity contribution in [2.24, 2.45) is 0 Å². The molecule has 7 heteroatoms. The van der Waals surface area contributed by atoms with Crippen LogP contribution in [0.25, 0.3) is 0 Å². The van der Waals surface area contributed by atoms with Crippen molar-refractivity contribution in [3.05, 3.63) is 38.4 Å². The molecule has 0 heterocycles. The molecule has 0 unspecified atom stereocenters. The predicted molar refractivity (Wildman–Crippen MR) is 76.5 cm³/mol. The van der Waals surface area contributed by atoms with Gasteiger partial charge in [-0.05, 0) is 39.3 Å². The second kappa shape index (κ2) is 6.34. The molecule has 114 valence electrons. The van der Waals surface area contributed by atoms with Gasteiger partial charge in [-0.1, -0.05) is 0 Å². The summed E-state index contributed by atoms with van der Waals surface area (Å²) in [6.45, 7) is 6.25. The van der Waals surface area contributed by atoms with Gasteiger partial charge in [-0.3, -0.25) is 19.7 Å². The van der Waals surface area contributed by atoms with Gasteiger partial charge >= 0.3 is 5.97 Å². The number of nitro groups is 1. The van der Waals surface area contributed by atoms with E-state index in [0.29, 0.717) is 11.1 Å². The molecule has 0 aromatic heterocycles. The van der Waals surface area contributed by atoms with Crippen LogP contribution in [0.3, 0.4) is 0 Å². The quantitative estimate of drug-likeness (QED) is 0.661. The van der Waals surface area contributed by atoms with Gasteiger partial charge in [0.25, 0.3) is 11.6 Å².